The van der Waals surface area contributed by atoms with E-state index in [0.29, 0.717) is 11.5 Å². The molecule has 5 aromatic heterocycles. The fourth-order valence-corrected chi connectivity index (χ4v) is 5.18. The summed E-state index contributed by atoms with van der Waals surface area (Å²) in [5, 5.41) is 7.62. The Morgan fingerprint density at radius 3 is 2.71 bits per heavy atom. The summed E-state index contributed by atoms with van der Waals surface area (Å²) in [7, 11) is 4.08. The number of halogens is 1. The first-order valence-corrected chi connectivity index (χ1v) is 11.9. The van der Waals surface area contributed by atoms with Crippen molar-refractivity contribution in [3.05, 3.63) is 70.8 Å². The molecule has 0 aliphatic rings. The number of nitrogens with one attached hydrogen (secondary N) is 2. The fourth-order valence-electron chi connectivity index (χ4n) is 4.11. The summed E-state index contributed by atoms with van der Waals surface area (Å²) in [5.74, 6) is 0.667. The van der Waals surface area contributed by atoms with Crippen LogP contribution in [0.2, 0.25) is 4.34 Å². The first-order chi connectivity index (χ1) is 16.5. The van der Waals surface area contributed by atoms with E-state index in [1.807, 2.05) is 62.9 Å². The number of nitrogens with zero attached hydrogens (tertiary/aromatic N) is 5. The molecule has 2 N–H and O–H groups in total. The Kier molecular flexibility index (Phi) is 5.13. The lowest BCUT2D eigenvalue weighted by atomic mass is 10.1. The summed E-state index contributed by atoms with van der Waals surface area (Å²) in [4.78, 5) is 20.9. The Morgan fingerprint density at radius 1 is 0.971 bits per heavy atom. The van der Waals surface area contributed by atoms with Crippen LogP contribution in [0.3, 0.4) is 0 Å². The highest BCUT2D eigenvalue weighted by molar-refractivity contribution is 7.19. The van der Waals surface area contributed by atoms with Gasteiger partial charge < -0.3 is 9.88 Å². The van der Waals surface area contributed by atoms with Crippen molar-refractivity contribution in [2.24, 2.45) is 0 Å². The zero-order chi connectivity index (χ0) is 23.2. The van der Waals surface area contributed by atoms with Crippen molar-refractivity contribution in [2.45, 2.75) is 6.54 Å². The Bertz CT molecular complexity index is 1650. The largest absolute Gasteiger partial charge is 0.336 e. The number of para-hydroxylation sites is 1. The van der Waals surface area contributed by atoms with Crippen LogP contribution in [-0.2, 0) is 6.54 Å². The maximum Gasteiger partial charge on any atom is 0.161 e. The lowest BCUT2D eigenvalue weighted by Crippen LogP contribution is -2.10. The van der Waals surface area contributed by atoms with Crippen LogP contribution in [0, 0.1) is 0 Å². The van der Waals surface area contributed by atoms with E-state index in [2.05, 4.69) is 37.2 Å². The van der Waals surface area contributed by atoms with E-state index in [-0.39, 0.29) is 0 Å². The quantitative estimate of drug-likeness (QED) is 0.312. The molecule has 0 amide bonds. The molecule has 34 heavy (non-hydrogen) atoms. The molecule has 0 bridgehead atoms. The van der Waals surface area contributed by atoms with Crippen molar-refractivity contribution in [2.75, 3.05) is 14.1 Å². The predicted octanol–water partition coefficient (Wildman–Crippen LogP) is 6.01. The number of pyridine rings is 2. The molecule has 6 aromatic rings. The molecule has 0 radical (unpaired) electrons. The van der Waals surface area contributed by atoms with E-state index in [1.54, 1.807) is 0 Å². The molecule has 7 nitrogen and oxygen atoms in total. The summed E-state index contributed by atoms with van der Waals surface area (Å²) in [6.07, 6.45) is 3.73. The summed E-state index contributed by atoms with van der Waals surface area (Å²) in [6.45, 7) is 0.816. The van der Waals surface area contributed by atoms with Gasteiger partial charge in [0.15, 0.2) is 11.5 Å². The van der Waals surface area contributed by atoms with Crippen molar-refractivity contribution >= 4 is 45.0 Å². The number of fused-ring (bicyclic) bond motifs is 2. The summed E-state index contributed by atoms with van der Waals surface area (Å²) >= 11 is 7.71. The first-order valence-electron chi connectivity index (χ1n) is 10.7. The third-order valence-electron chi connectivity index (χ3n) is 5.57. The molecule has 0 saturated heterocycles. The Morgan fingerprint density at radius 2 is 1.88 bits per heavy atom. The average molecular weight is 486 g/mol. The number of H-pyrrole nitrogens is 2. The van der Waals surface area contributed by atoms with Crippen LogP contribution in [0.1, 0.15) is 5.56 Å². The molecular weight excluding hydrogens is 466 g/mol. The molecule has 9 heteroatoms. The zero-order valence-corrected chi connectivity index (χ0v) is 20.1. The SMILES string of the molecule is CN(C)Cc1cncc(-c2ccc3[nH]nc(-c4nc5c(-c6ccc(Cl)s6)cccc5[nH]4)c3n2)c1. The van der Waals surface area contributed by atoms with Gasteiger partial charge in [0.2, 0.25) is 0 Å². The second-order valence-corrected chi connectivity index (χ2v) is 10.1. The van der Waals surface area contributed by atoms with Crippen LogP contribution >= 0.6 is 22.9 Å². The third-order valence-corrected chi connectivity index (χ3v) is 6.84. The van der Waals surface area contributed by atoms with Gasteiger partial charge in [-0.2, -0.15) is 5.10 Å². The molecule has 0 atom stereocenters. The normalized spacial score (nSPS) is 11.8. The van der Waals surface area contributed by atoms with E-state index in [1.165, 1.54) is 11.3 Å². The molecule has 0 aliphatic carbocycles. The van der Waals surface area contributed by atoms with E-state index in [9.17, 15) is 0 Å². The standard InChI is InChI=1S/C25H20ClN7S/c1-33(2)13-14-10-15(12-27-11-14)17-6-7-19-23(28-17)24(32-31-19)25-29-18-5-3-4-16(22(18)30-25)20-8-9-21(26)34-20/h3-12H,13H2,1-2H3,(H,29,30)(H,31,32). The maximum atomic E-state index is 6.17. The van der Waals surface area contributed by atoms with Crippen molar-refractivity contribution < 1.29 is 0 Å². The van der Waals surface area contributed by atoms with E-state index >= 15 is 0 Å². The predicted molar refractivity (Wildman–Crippen MR) is 138 cm³/mol. The molecule has 5 heterocycles. The minimum absolute atomic E-state index is 0.667. The van der Waals surface area contributed by atoms with Crippen LogP contribution in [0.25, 0.3) is 55.3 Å². The minimum atomic E-state index is 0.667. The van der Waals surface area contributed by atoms with Gasteiger partial charge in [-0.1, -0.05) is 23.7 Å². The van der Waals surface area contributed by atoms with Crippen LogP contribution in [0.5, 0.6) is 0 Å². The van der Waals surface area contributed by atoms with Crippen LogP contribution in [0.15, 0.2) is 60.9 Å². The van der Waals surface area contributed by atoms with Gasteiger partial charge in [0.05, 0.1) is 26.6 Å². The molecule has 6 rings (SSSR count). The Hall–Kier alpha value is -3.59. The molecule has 1 aromatic carbocycles. The highest BCUT2D eigenvalue weighted by Crippen LogP contribution is 2.36. The van der Waals surface area contributed by atoms with Gasteiger partial charge in [0.1, 0.15) is 5.52 Å². The maximum absolute atomic E-state index is 6.17. The number of hydrogen-bond acceptors (Lipinski definition) is 6. The monoisotopic (exact) mass is 485 g/mol. The molecule has 0 fully saturated rings. The van der Waals surface area contributed by atoms with Gasteiger partial charge in [-0.25, -0.2) is 9.97 Å². The van der Waals surface area contributed by atoms with Crippen LogP contribution in [0.4, 0.5) is 0 Å². The second-order valence-electron chi connectivity index (χ2n) is 8.38. The number of rotatable bonds is 5. The van der Waals surface area contributed by atoms with Crippen LogP contribution < -0.4 is 0 Å². The lowest BCUT2D eigenvalue weighted by molar-refractivity contribution is 0.402. The van der Waals surface area contributed by atoms with Gasteiger partial charge >= 0.3 is 0 Å². The number of thiophene rings is 1. The van der Waals surface area contributed by atoms with Crippen molar-refractivity contribution in [1.82, 2.24) is 35.0 Å². The van der Waals surface area contributed by atoms with Gasteiger partial charge in [-0.05, 0) is 56.1 Å². The van der Waals surface area contributed by atoms with Gasteiger partial charge in [0, 0.05) is 34.9 Å². The van der Waals surface area contributed by atoms with E-state index < -0.39 is 0 Å². The summed E-state index contributed by atoms with van der Waals surface area (Å²) in [6, 6.07) is 16.1. The molecule has 0 spiro atoms. The van der Waals surface area contributed by atoms with Gasteiger partial charge in [-0.3, -0.25) is 10.1 Å². The van der Waals surface area contributed by atoms with Crippen molar-refractivity contribution in [3.63, 3.8) is 0 Å². The van der Waals surface area contributed by atoms with E-state index in [4.69, 9.17) is 21.6 Å². The highest BCUT2D eigenvalue weighted by atomic mass is 35.5. The van der Waals surface area contributed by atoms with Crippen molar-refractivity contribution in [1.29, 1.82) is 0 Å². The van der Waals surface area contributed by atoms with Crippen molar-refractivity contribution in [3.8, 4) is 33.2 Å². The Labute approximate surface area is 204 Å². The molecule has 168 valence electrons. The smallest absolute Gasteiger partial charge is 0.161 e. The molecular formula is C25H20ClN7S. The number of aromatic amines is 2. The summed E-state index contributed by atoms with van der Waals surface area (Å²) < 4.78 is 0.752. The number of aromatic nitrogens is 6. The third kappa shape index (κ3) is 3.75. The lowest BCUT2D eigenvalue weighted by Gasteiger charge is -2.10. The Balaban J connectivity index is 1.45. The average Bonchev–Trinajstić information content (AvgIpc) is 3.55. The molecule has 0 saturated carbocycles. The van der Waals surface area contributed by atoms with Gasteiger partial charge in [0.25, 0.3) is 0 Å². The zero-order valence-electron chi connectivity index (χ0n) is 18.5. The minimum Gasteiger partial charge on any atom is -0.336 e. The van der Waals surface area contributed by atoms with Gasteiger partial charge in [-0.15, -0.1) is 11.3 Å². The number of imidazole rings is 1. The molecule has 0 unspecified atom stereocenters. The highest BCUT2D eigenvalue weighted by Gasteiger charge is 2.17. The van der Waals surface area contributed by atoms with E-state index in [0.717, 1.165) is 60.2 Å². The summed E-state index contributed by atoms with van der Waals surface area (Å²) in [5.41, 5.74) is 8.08. The second kappa shape index (κ2) is 8.32. The number of hydrogen-bond donors (Lipinski definition) is 2. The topological polar surface area (TPSA) is 86.4 Å². The molecule has 0 aliphatic heterocycles. The first kappa shape index (κ1) is 21.0. The number of benzene rings is 1. The van der Waals surface area contributed by atoms with Crippen LogP contribution in [-0.4, -0.2) is 49.1 Å². The fraction of sp³-hybridized carbons (Fsp3) is 0.120.